The van der Waals surface area contributed by atoms with E-state index in [-0.39, 0.29) is 18.2 Å². The molecule has 0 saturated heterocycles. The average Bonchev–Trinajstić information content (AvgIpc) is 2.60. The highest BCUT2D eigenvalue weighted by Gasteiger charge is 2.19. The second kappa shape index (κ2) is 8.73. The molecule has 0 spiro atoms. The van der Waals surface area contributed by atoms with Crippen molar-refractivity contribution in [2.45, 2.75) is 25.7 Å². The molecule has 0 radical (unpaired) electrons. The van der Waals surface area contributed by atoms with Crippen molar-refractivity contribution in [3.63, 3.8) is 0 Å². The number of hydrogen-bond donors (Lipinski definition) is 1. The minimum atomic E-state index is -0.560. The molecule has 0 atom stereocenters. The van der Waals surface area contributed by atoms with Gasteiger partial charge in [-0.05, 0) is 24.5 Å². The molecule has 2 rings (SSSR count). The van der Waals surface area contributed by atoms with Gasteiger partial charge in [-0.15, -0.1) is 0 Å². The van der Waals surface area contributed by atoms with Gasteiger partial charge in [-0.2, -0.15) is 0 Å². The largest absolute Gasteiger partial charge is 0.461 e. The summed E-state index contributed by atoms with van der Waals surface area (Å²) in [6.45, 7) is 1.99. The van der Waals surface area contributed by atoms with Crippen LogP contribution in [0.3, 0.4) is 0 Å². The number of oxime groups is 1. The second-order valence-corrected chi connectivity index (χ2v) is 5.18. The minimum absolute atomic E-state index is 0.0590. The maximum Gasteiger partial charge on any atom is 0.356 e. The van der Waals surface area contributed by atoms with Crippen molar-refractivity contribution in [1.82, 2.24) is 0 Å². The summed E-state index contributed by atoms with van der Waals surface area (Å²) in [6, 6.07) is 20.2. The number of benzene rings is 2. The SMILES string of the molecule is CCOC(=O)/C(CCC(c1ccccc1)c1ccccc1)=N/O. The summed E-state index contributed by atoms with van der Waals surface area (Å²) in [7, 11) is 0. The topological polar surface area (TPSA) is 58.9 Å². The molecule has 0 aliphatic rings. The number of rotatable bonds is 7. The smallest absolute Gasteiger partial charge is 0.356 e. The summed E-state index contributed by atoms with van der Waals surface area (Å²) < 4.78 is 4.91. The van der Waals surface area contributed by atoms with Gasteiger partial charge in [0.15, 0.2) is 5.71 Å². The molecule has 1 N–H and O–H groups in total. The first-order valence-electron chi connectivity index (χ1n) is 7.74. The van der Waals surface area contributed by atoms with Crippen LogP contribution in [0.5, 0.6) is 0 Å². The number of ether oxygens (including phenoxy) is 1. The second-order valence-electron chi connectivity index (χ2n) is 5.18. The summed E-state index contributed by atoms with van der Waals surface area (Å²) >= 11 is 0. The zero-order chi connectivity index (χ0) is 16.5. The van der Waals surface area contributed by atoms with E-state index in [1.54, 1.807) is 6.92 Å². The van der Waals surface area contributed by atoms with Crippen LogP contribution >= 0.6 is 0 Å². The van der Waals surface area contributed by atoms with Crippen molar-refractivity contribution in [1.29, 1.82) is 0 Å². The third-order valence-corrected chi connectivity index (χ3v) is 3.71. The van der Waals surface area contributed by atoms with Crippen molar-refractivity contribution in [3.05, 3.63) is 71.8 Å². The molecule has 2 aromatic rings. The molecule has 0 saturated carbocycles. The normalized spacial score (nSPS) is 11.5. The van der Waals surface area contributed by atoms with E-state index in [4.69, 9.17) is 9.94 Å². The lowest BCUT2D eigenvalue weighted by Crippen LogP contribution is -2.18. The Labute approximate surface area is 136 Å². The molecule has 4 nitrogen and oxygen atoms in total. The monoisotopic (exact) mass is 311 g/mol. The molecule has 0 amide bonds. The Morgan fingerprint density at radius 2 is 1.57 bits per heavy atom. The Morgan fingerprint density at radius 3 is 2.00 bits per heavy atom. The van der Waals surface area contributed by atoms with E-state index in [1.807, 2.05) is 36.4 Å². The van der Waals surface area contributed by atoms with Crippen LogP contribution in [0.2, 0.25) is 0 Å². The van der Waals surface area contributed by atoms with Crippen molar-refractivity contribution < 1.29 is 14.7 Å². The molecular weight excluding hydrogens is 290 g/mol. The van der Waals surface area contributed by atoms with Gasteiger partial charge >= 0.3 is 5.97 Å². The minimum Gasteiger partial charge on any atom is -0.461 e. The molecule has 0 unspecified atom stereocenters. The van der Waals surface area contributed by atoms with Crippen molar-refractivity contribution in [3.8, 4) is 0 Å². The van der Waals surface area contributed by atoms with Crippen LogP contribution in [0, 0.1) is 0 Å². The molecule has 0 aromatic heterocycles. The first-order valence-corrected chi connectivity index (χ1v) is 7.74. The molecule has 0 heterocycles. The van der Waals surface area contributed by atoms with Gasteiger partial charge in [0.2, 0.25) is 0 Å². The van der Waals surface area contributed by atoms with E-state index >= 15 is 0 Å². The zero-order valence-electron chi connectivity index (χ0n) is 13.2. The molecule has 0 aliphatic heterocycles. The standard InChI is InChI=1S/C19H21NO3/c1-2-23-19(21)18(20-22)14-13-17(15-9-5-3-6-10-15)16-11-7-4-8-12-16/h3-12,17,22H,2,13-14H2,1H3/b20-18+. The van der Waals surface area contributed by atoms with Crippen LogP contribution in [-0.4, -0.2) is 23.5 Å². The third-order valence-electron chi connectivity index (χ3n) is 3.71. The summed E-state index contributed by atoms with van der Waals surface area (Å²) in [5, 5.41) is 12.2. The number of carbonyl (C=O) groups is 1. The molecule has 0 fully saturated rings. The molecule has 120 valence electrons. The Bertz CT molecular complexity index is 599. The highest BCUT2D eigenvalue weighted by atomic mass is 16.5. The molecule has 4 heteroatoms. The van der Waals surface area contributed by atoms with Gasteiger partial charge in [-0.25, -0.2) is 4.79 Å². The van der Waals surface area contributed by atoms with Crippen LogP contribution in [0.4, 0.5) is 0 Å². The zero-order valence-corrected chi connectivity index (χ0v) is 13.2. The van der Waals surface area contributed by atoms with Crippen molar-refractivity contribution in [2.75, 3.05) is 6.61 Å². The summed E-state index contributed by atoms with van der Waals surface area (Å²) in [5.74, 6) is -0.432. The number of nitrogens with zero attached hydrogens (tertiary/aromatic N) is 1. The highest BCUT2D eigenvalue weighted by molar-refractivity contribution is 6.36. The predicted molar refractivity (Wildman–Crippen MR) is 89.8 cm³/mol. The lowest BCUT2D eigenvalue weighted by Gasteiger charge is -2.18. The number of carbonyl (C=O) groups excluding carboxylic acids is 1. The van der Waals surface area contributed by atoms with Crippen molar-refractivity contribution in [2.24, 2.45) is 5.16 Å². The Balaban J connectivity index is 2.18. The quantitative estimate of drug-likeness (QED) is 0.364. The van der Waals surface area contributed by atoms with Crippen LogP contribution in [0.15, 0.2) is 65.8 Å². The Kier molecular flexibility index (Phi) is 6.36. The highest BCUT2D eigenvalue weighted by Crippen LogP contribution is 2.29. The molecule has 0 bridgehead atoms. The van der Waals surface area contributed by atoms with Crippen LogP contribution < -0.4 is 0 Å². The maximum absolute atomic E-state index is 11.7. The maximum atomic E-state index is 11.7. The van der Waals surface area contributed by atoms with Gasteiger partial charge in [-0.1, -0.05) is 65.8 Å². The van der Waals surface area contributed by atoms with E-state index in [1.165, 1.54) is 11.1 Å². The van der Waals surface area contributed by atoms with E-state index in [0.717, 1.165) is 0 Å². The predicted octanol–water partition coefficient (Wildman–Crippen LogP) is 3.99. The van der Waals surface area contributed by atoms with Crippen LogP contribution in [-0.2, 0) is 9.53 Å². The van der Waals surface area contributed by atoms with Gasteiger partial charge in [0.05, 0.1) is 6.61 Å². The Hall–Kier alpha value is -2.62. The van der Waals surface area contributed by atoms with Gasteiger partial charge in [0.1, 0.15) is 0 Å². The van der Waals surface area contributed by atoms with E-state index < -0.39 is 5.97 Å². The van der Waals surface area contributed by atoms with Gasteiger partial charge in [0.25, 0.3) is 0 Å². The third kappa shape index (κ3) is 4.68. The average molecular weight is 311 g/mol. The first kappa shape index (κ1) is 16.7. The fourth-order valence-electron chi connectivity index (χ4n) is 2.58. The summed E-state index contributed by atoms with van der Waals surface area (Å²) in [5.41, 5.74) is 2.39. The van der Waals surface area contributed by atoms with Crippen LogP contribution in [0.25, 0.3) is 0 Å². The lowest BCUT2D eigenvalue weighted by molar-refractivity contribution is -0.135. The Morgan fingerprint density at radius 1 is 1.04 bits per heavy atom. The lowest BCUT2D eigenvalue weighted by atomic mass is 9.87. The van der Waals surface area contributed by atoms with E-state index in [9.17, 15) is 4.79 Å². The summed E-state index contributed by atoms with van der Waals surface area (Å²) in [6.07, 6.45) is 1.01. The molecule has 23 heavy (non-hydrogen) atoms. The summed E-state index contributed by atoms with van der Waals surface area (Å²) in [4.78, 5) is 11.7. The number of esters is 1. The first-order chi connectivity index (χ1) is 11.3. The fraction of sp³-hybridized carbons (Fsp3) is 0.263. The van der Waals surface area contributed by atoms with Gasteiger partial charge in [0, 0.05) is 12.3 Å². The van der Waals surface area contributed by atoms with Gasteiger partial charge in [-0.3, -0.25) is 0 Å². The van der Waals surface area contributed by atoms with E-state index in [0.29, 0.717) is 12.8 Å². The fourth-order valence-corrected chi connectivity index (χ4v) is 2.58. The molecule has 0 aliphatic carbocycles. The van der Waals surface area contributed by atoms with Gasteiger partial charge < -0.3 is 9.94 Å². The number of hydrogen-bond acceptors (Lipinski definition) is 4. The molecule has 2 aromatic carbocycles. The van der Waals surface area contributed by atoms with Crippen LogP contribution in [0.1, 0.15) is 36.8 Å². The van der Waals surface area contributed by atoms with Crippen molar-refractivity contribution >= 4 is 11.7 Å². The van der Waals surface area contributed by atoms with E-state index in [2.05, 4.69) is 29.4 Å². The molecular formula is C19H21NO3.